The number of fused-ring (bicyclic) bond motifs is 4. The Bertz CT molecular complexity index is 1420. The monoisotopic (exact) mass is 747 g/mol. The number of phenols is 3. The van der Waals surface area contributed by atoms with Gasteiger partial charge in [-0.15, -0.1) is 0 Å². The normalized spacial score (nSPS) is 12.5. The number of rotatable bonds is 4. The first-order valence-corrected chi connectivity index (χ1v) is 15.5. The Labute approximate surface area is 315 Å². The number of carbonyl (C=O) groups excluding carboxylic acids is 2. The van der Waals surface area contributed by atoms with Crippen LogP contribution in [0, 0.1) is 20.8 Å². The minimum absolute atomic E-state index is 0. The van der Waals surface area contributed by atoms with Gasteiger partial charge in [-0.05, 0) is 106 Å². The zero-order chi connectivity index (χ0) is 34.6. The molecule has 49 heavy (non-hydrogen) atoms. The fourth-order valence-corrected chi connectivity index (χ4v) is 4.36. The van der Waals surface area contributed by atoms with Gasteiger partial charge in [0.25, 0.3) is 0 Å². The fourth-order valence-electron chi connectivity index (χ4n) is 4.36. The Morgan fingerprint density at radius 3 is 1.10 bits per heavy atom. The van der Waals surface area contributed by atoms with E-state index < -0.39 is 0 Å². The first-order chi connectivity index (χ1) is 22.6. The van der Waals surface area contributed by atoms with Crippen molar-refractivity contribution < 1.29 is 57.6 Å². The Kier molecular flexibility index (Phi) is 23.1. The van der Waals surface area contributed by atoms with Gasteiger partial charge in [-0.2, -0.15) is 0 Å². The van der Waals surface area contributed by atoms with Gasteiger partial charge in [-0.3, -0.25) is 29.6 Å². The van der Waals surface area contributed by atoms with Crippen LogP contribution in [0.1, 0.15) is 86.3 Å². The number of nitrogens with two attached hydrogens (primary N) is 2. The maximum absolute atomic E-state index is 10.5. The third-order valence-corrected chi connectivity index (χ3v) is 6.67. The van der Waals surface area contributed by atoms with Crippen molar-refractivity contribution in [2.75, 3.05) is 39.3 Å². The summed E-state index contributed by atoms with van der Waals surface area (Å²) in [6.45, 7) is 9.57. The molecule has 4 rings (SSSR count). The molecule has 0 saturated heterocycles. The summed E-state index contributed by atoms with van der Waals surface area (Å²) in [6.07, 6.45) is 10.3. The molecule has 12 heteroatoms. The summed E-state index contributed by atoms with van der Waals surface area (Å²) in [6, 6.07) is 10.7. The van der Waals surface area contributed by atoms with Crippen molar-refractivity contribution in [2.45, 2.75) is 47.5 Å². The molecule has 4 bridgehead atoms. The topological polar surface area (TPSA) is 196 Å². The summed E-state index contributed by atoms with van der Waals surface area (Å²) >= 11 is 0. The number of aryl methyl sites for hydroxylation is 3. The van der Waals surface area contributed by atoms with Crippen LogP contribution in [-0.2, 0) is 32.7 Å². The summed E-state index contributed by atoms with van der Waals surface area (Å²) in [7, 11) is 0. The van der Waals surface area contributed by atoms with Crippen LogP contribution in [0.25, 0.3) is 0 Å². The largest absolute Gasteiger partial charge is 0.507 e. The quantitative estimate of drug-likeness (QED) is 0.228. The second-order valence-corrected chi connectivity index (χ2v) is 10.9. The van der Waals surface area contributed by atoms with Gasteiger partial charge >= 0.3 is 0 Å². The maximum atomic E-state index is 10.5. The molecule has 0 atom stereocenters. The summed E-state index contributed by atoms with van der Waals surface area (Å²) < 4.78 is 0. The second-order valence-electron chi connectivity index (χ2n) is 10.9. The van der Waals surface area contributed by atoms with Crippen molar-refractivity contribution in [2.24, 2.45) is 31.4 Å². The van der Waals surface area contributed by atoms with Crippen molar-refractivity contribution >= 4 is 37.4 Å². The number of aliphatic imine (C=N–C) groups is 4. The van der Waals surface area contributed by atoms with Gasteiger partial charge < -0.3 is 26.8 Å². The number of hydrogen-bond donors (Lipinski definition) is 5. The molecule has 0 saturated carbocycles. The van der Waals surface area contributed by atoms with E-state index in [2.05, 4.69) is 20.0 Å². The first kappa shape index (κ1) is 45.1. The van der Waals surface area contributed by atoms with E-state index in [4.69, 9.17) is 11.5 Å². The predicted molar refractivity (Wildman–Crippen MR) is 198 cm³/mol. The van der Waals surface area contributed by atoms with E-state index in [-0.39, 0.29) is 68.5 Å². The zero-order valence-electron chi connectivity index (χ0n) is 28.0. The van der Waals surface area contributed by atoms with Crippen LogP contribution in [0.3, 0.4) is 0 Å². The molecule has 0 spiro atoms. The van der Waals surface area contributed by atoms with Crippen LogP contribution in [0.5, 0.6) is 17.2 Å². The summed E-state index contributed by atoms with van der Waals surface area (Å²) in [5.74, 6) is 0.149. The molecular weight excluding hydrogens is 697 g/mol. The van der Waals surface area contributed by atoms with Gasteiger partial charge in [-0.25, -0.2) is 0 Å². The van der Waals surface area contributed by atoms with Crippen LogP contribution in [-0.4, -0.2) is 92.0 Å². The minimum Gasteiger partial charge on any atom is -0.507 e. The standard InChI is InChI=1S/C24H28N4O2.C9H8O3.C3H10N2.CH4.Y/c1-17-9-19-13-25-5-3-7-27-15-21-11-18(2)12-22(24(21)30)16-28-8-4-6-26-14-20(10-17)23(19)29;1-6-2-7(4-10)9(12)8(3-6)5-11;4-2-1-3-5;;/h9-16,29-30H,3-8H2,1-2H3;2-5,12H,1H3;1-5H2;1H4;. The van der Waals surface area contributed by atoms with E-state index in [1.807, 2.05) is 38.1 Å². The number of hydrogen-bond acceptors (Lipinski definition) is 11. The second kappa shape index (κ2) is 25.1. The average molecular weight is 748 g/mol. The Hall–Kier alpha value is -3.90. The molecule has 3 aromatic carbocycles. The number of aldehydes is 2. The van der Waals surface area contributed by atoms with Gasteiger partial charge in [0.2, 0.25) is 0 Å². The molecule has 0 amide bonds. The third-order valence-electron chi connectivity index (χ3n) is 6.67. The van der Waals surface area contributed by atoms with E-state index in [9.17, 15) is 24.9 Å². The van der Waals surface area contributed by atoms with Gasteiger partial charge in [-0.1, -0.05) is 7.43 Å². The molecule has 261 valence electrons. The van der Waals surface area contributed by atoms with Crippen LogP contribution in [0.15, 0.2) is 56.4 Å². The Morgan fingerprint density at radius 2 is 0.857 bits per heavy atom. The van der Waals surface area contributed by atoms with Crippen LogP contribution < -0.4 is 11.5 Å². The summed E-state index contributed by atoms with van der Waals surface area (Å²) in [5, 5.41) is 30.3. The smallest absolute Gasteiger partial charge is 0.153 e. The van der Waals surface area contributed by atoms with Crippen molar-refractivity contribution in [3.8, 4) is 17.2 Å². The molecule has 1 heterocycles. The molecule has 7 N–H and O–H groups in total. The molecule has 1 aliphatic heterocycles. The van der Waals surface area contributed by atoms with Gasteiger partial charge in [0, 0.05) is 106 Å². The fraction of sp³-hybridized carbons (Fsp3) is 0.351. The van der Waals surface area contributed by atoms with Gasteiger partial charge in [0.1, 0.15) is 17.2 Å². The van der Waals surface area contributed by atoms with E-state index in [0.717, 1.165) is 49.0 Å². The SMILES string of the molecule is C.Cc1cc(C=O)c(O)c(C=O)c1.Cc1cc2c(O)c(c1)C=NCCCN=Cc1cc(C)cc(c1O)C=NCCCN=C2.NCCCN.[Y]. The van der Waals surface area contributed by atoms with E-state index >= 15 is 0 Å². The van der Waals surface area contributed by atoms with Crippen LogP contribution in [0.2, 0.25) is 0 Å². The predicted octanol–water partition coefficient (Wildman–Crippen LogP) is 5.14. The molecule has 3 aromatic rings. The van der Waals surface area contributed by atoms with Gasteiger partial charge in [0.15, 0.2) is 12.6 Å². The van der Waals surface area contributed by atoms with Crippen LogP contribution >= 0.6 is 0 Å². The average Bonchev–Trinajstić information content (AvgIpc) is 3.05. The number of nitrogens with zero attached hydrogens (tertiary/aromatic N) is 4. The summed E-state index contributed by atoms with van der Waals surface area (Å²) in [4.78, 5) is 38.4. The summed E-state index contributed by atoms with van der Waals surface area (Å²) in [5.41, 5.74) is 16.0. The van der Waals surface area contributed by atoms with Crippen molar-refractivity contribution in [1.29, 1.82) is 0 Å². The van der Waals surface area contributed by atoms with Gasteiger partial charge in [0.05, 0.1) is 11.1 Å². The molecule has 0 aliphatic carbocycles. The maximum Gasteiger partial charge on any atom is 0.153 e. The number of carbonyl (C=O) groups is 2. The van der Waals surface area contributed by atoms with Crippen molar-refractivity contribution in [3.63, 3.8) is 0 Å². The first-order valence-electron chi connectivity index (χ1n) is 15.5. The van der Waals surface area contributed by atoms with E-state index in [1.54, 1.807) is 31.8 Å². The molecule has 1 radical (unpaired) electrons. The molecule has 1 aliphatic rings. The number of benzene rings is 3. The number of aromatic hydroxyl groups is 3. The molecule has 0 unspecified atom stereocenters. The van der Waals surface area contributed by atoms with E-state index in [0.29, 0.717) is 61.0 Å². The molecule has 11 nitrogen and oxygen atoms in total. The number of phenolic OH excluding ortho intramolecular Hbond substituents is 3. The Balaban J connectivity index is 0.00000101. The Morgan fingerprint density at radius 1 is 0.571 bits per heavy atom. The van der Waals surface area contributed by atoms with Crippen molar-refractivity contribution in [1.82, 2.24) is 0 Å². The zero-order valence-corrected chi connectivity index (χ0v) is 30.8. The molecule has 0 fully saturated rings. The molecular formula is C37H50N6O5Y. The minimum atomic E-state index is -0.245. The van der Waals surface area contributed by atoms with Crippen LogP contribution in [0.4, 0.5) is 0 Å². The molecule has 0 aromatic heterocycles. The third kappa shape index (κ3) is 15.9. The van der Waals surface area contributed by atoms with E-state index in [1.165, 1.54) is 12.1 Å². The van der Waals surface area contributed by atoms with Crippen molar-refractivity contribution in [3.05, 3.63) is 86.5 Å².